The molecule has 10 heteroatoms. The molecule has 0 aliphatic carbocycles. The van der Waals surface area contributed by atoms with Crippen LogP contribution in [0.4, 0.5) is 5.69 Å². The predicted octanol–water partition coefficient (Wildman–Crippen LogP) is 4.54. The first-order valence-corrected chi connectivity index (χ1v) is 15.0. The average molecular weight is 582 g/mol. The van der Waals surface area contributed by atoms with Crippen molar-refractivity contribution < 1.29 is 27.5 Å². The van der Waals surface area contributed by atoms with Gasteiger partial charge in [-0.05, 0) is 73.9 Å². The molecule has 41 heavy (non-hydrogen) atoms. The van der Waals surface area contributed by atoms with E-state index >= 15 is 0 Å². The van der Waals surface area contributed by atoms with Gasteiger partial charge in [0.1, 0.15) is 24.1 Å². The van der Waals surface area contributed by atoms with Crippen LogP contribution < -0.4 is 19.1 Å². The summed E-state index contributed by atoms with van der Waals surface area (Å²) in [7, 11) is -1.09. The average Bonchev–Trinajstić information content (AvgIpc) is 2.99. The van der Waals surface area contributed by atoms with E-state index in [0.717, 1.165) is 21.9 Å². The number of nitrogens with zero attached hydrogens (tertiary/aromatic N) is 2. The fourth-order valence-corrected chi connectivity index (χ4v) is 5.74. The molecule has 1 N–H and O–H groups in total. The summed E-state index contributed by atoms with van der Waals surface area (Å²) in [5.41, 5.74) is 2.06. The molecule has 3 rings (SSSR count). The van der Waals surface area contributed by atoms with Gasteiger partial charge in [-0.3, -0.25) is 13.9 Å². The molecule has 0 radical (unpaired) electrons. The molecule has 1 atom stereocenters. The molecule has 2 amide bonds. The Labute approximate surface area is 243 Å². The second kappa shape index (κ2) is 14.5. The fraction of sp³-hybridized carbons (Fsp3) is 0.355. The molecular weight excluding hydrogens is 542 g/mol. The molecule has 220 valence electrons. The molecule has 0 heterocycles. The third kappa shape index (κ3) is 8.00. The van der Waals surface area contributed by atoms with E-state index in [-0.39, 0.29) is 17.3 Å². The minimum Gasteiger partial charge on any atom is -0.497 e. The van der Waals surface area contributed by atoms with E-state index in [9.17, 15) is 18.0 Å². The summed E-state index contributed by atoms with van der Waals surface area (Å²) in [6.45, 7) is 5.77. The molecule has 3 aromatic carbocycles. The summed E-state index contributed by atoms with van der Waals surface area (Å²) in [5.74, 6) is 0.389. The van der Waals surface area contributed by atoms with Crippen molar-refractivity contribution in [2.45, 2.75) is 51.1 Å². The van der Waals surface area contributed by atoms with Crippen LogP contribution in [0.3, 0.4) is 0 Å². The minimum absolute atomic E-state index is 0.0149. The Bertz CT molecular complexity index is 1390. The molecule has 0 saturated heterocycles. The van der Waals surface area contributed by atoms with E-state index in [1.807, 2.05) is 32.9 Å². The number of hydrogen-bond donors (Lipinski definition) is 1. The monoisotopic (exact) mass is 581 g/mol. The van der Waals surface area contributed by atoms with Gasteiger partial charge in [-0.15, -0.1) is 0 Å². The van der Waals surface area contributed by atoms with Crippen molar-refractivity contribution in [2.24, 2.45) is 0 Å². The third-order valence-electron chi connectivity index (χ3n) is 6.70. The van der Waals surface area contributed by atoms with Crippen LogP contribution in [0.25, 0.3) is 0 Å². The van der Waals surface area contributed by atoms with Crippen LogP contribution in [0.2, 0.25) is 0 Å². The maximum absolute atomic E-state index is 14.1. The van der Waals surface area contributed by atoms with Gasteiger partial charge in [0.15, 0.2) is 0 Å². The van der Waals surface area contributed by atoms with Gasteiger partial charge < -0.3 is 19.7 Å². The van der Waals surface area contributed by atoms with Crippen LogP contribution in [0.15, 0.2) is 77.7 Å². The van der Waals surface area contributed by atoms with Crippen LogP contribution in [-0.2, 0) is 26.2 Å². The highest BCUT2D eigenvalue weighted by molar-refractivity contribution is 7.92. The van der Waals surface area contributed by atoms with Gasteiger partial charge in [-0.1, -0.05) is 43.7 Å². The van der Waals surface area contributed by atoms with Crippen molar-refractivity contribution >= 4 is 27.5 Å². The molecule has 3 aromatic rings. The zero-order valence-corrected chi connectivity index (χ0v) is 25.1. The van der Waals surface area contributed by atoms with Gasteiger partial charge in [-0.25, -0.2) is 8.42 Å². The smallest absolute Gasteiger partial charge is 0.264 e. The van der Waals surface area contributed by atoms with Gasteiger partial charge >= 0.3 is 0 Å². The largest absolute Gasteiger partial charge is 0.497 e. The number of nitrogens with one attached hydrogen (secondary N) is 1. The van der Waals surface area contributed by atoms with Gasteiger partial charge in [0.25, 0.3) is 10.0 Å². The molecule has 9 nitrogen and oxygen atoms in total. The number of carbonyl (C=O) groups is 2. The van der Waals surface area contributed by atoms with Crippen molar-refractivity contribution in [3.8, 4) is 11.5 Å². The first-order chi connectivity index (χ1) is 19.6. The number of benzene rings is 3. The van der Waals surface area contributed by atoms with Gasteiger partial charge in [0, 0.05) is 13.1 Å². The lowest BCUT2D eigenvalue weighted by atomic mass is 10.1. The highest BCUT2D eigenvalue weighted by atomic mass is 32.2. The van der Waals surface area contributed by atoms with Crippen LogP contribution in [-0.4, -0.2) is 58.5 Å². The van der Waals surface area contributed by atoms with Crippen molar-refractivity contribution in [1.82, 2.24) is 10.2 Å². The zero-order valence-electron chi connectivity index (χ0n) is 24.3. The topological polar surface area (TPSA) is 105 Å². The SMILES string of the molecule is CCCNC(=O)[C@H](CC)N(Cc1ccc(OC)cc1)C(=O)CN(c1ccc(C)cc1)S(=O)(=O)c1ccc(OC)cc1. The third-order valence-corrected chi connectivity index (χ3v) is 8.48. The van der Waals surface area contributed by atoms with Crippen molar-refractivity contribution in [2.75, 3.05) is 31.6 Å². The van der Waals surface area contributed by atoms with Crippen molar-refractivity contribution in [1.29, 1.82) is 0 Å². The molecule has 0 spiro atoms. The van der Waals surface area contributed by atoms with E-state index < -0.39 is 28.5 Å². The Balaban J connectivity index is 2.04. The van der Waals surface area contributed by atoms with Crippen molar-refractivity contribution in [3.63, 3.8) is 0 Å². The summed E-state index contributed by atoms with van der Waals surface area (Å²) in [6.07, 6.45) is 1.10. The molecule has 0 aromatic heterocycles. The minimum atomic E-state index is -4.16. The molecule has 0 saturated carbocycles. The number of methoxy groups -OCH3 is 2. The number of hydrogen-bond acceptors (Lipinski definition) is 6. The van der Waals surface area contributed by atoms with Gasteiger partial charge in [0.2, 0.25) is 11.8 Å². The number of amides is 2. The lowest BCUT2D eigenvalue weighted by molar-refractivity contribution is -0.140. The predicted molar refractivity (Wildman–Crippen MR) is 160 cm³/mol. The van der Waals surface area contributed by atoms with Crippen LogP contribution in [0, 0.1) is 6.92 Å². The Morgan fingerprint density at radius 1 is 0.854 bits per heavy atom. The number of aryl methyl sites for hydroxylation is 1. The molecule has 0 bridgehead atoms. The second-order valence-electron chi connectivity index (χ2n) is 9.61. The van der Waals surface area contributed by atoms with E-state index in [0.29, 0.717) is 30.2 Å². The Hall–Kier alpha value is -4.05. The lowest BCUT2D eigenvalue weighted by Gasteiger charge is -2.33. The van der Waals surface area contributed by atoms with Crippen LogP contribution in [0.5, 0.6) is 11.5 Å². The summed E-state index contributed by atoms with van der Waals surface area (Å²) in [4.78, 5) is 28.7. The molecule has 0 aliphatic rings. The molecular formula is C31H39N3O6S. The first kappa shape index (κ1) is 31.5. The number of carbonyl (C=O) groups excluding carboxylic acids is 2. The standard InChI is InChI=1S/C31H39N3O6S/c1-6-20-32-31(36)29(7-2)33(21-24-10-14-26(39-4)15-11-24)30(35)22-34(25-12-8-23(3)9-13-25)41(37,38)28-18-16-27(40-5)17-19-28/h8-19,29H,6-7,20-22H2,1-5H3,(H,32,36)/t29-/m0/s1. The van der Waals surface area contributed by atoms with Gasteiger partial charge in [0.05, 0.1) is 24.8 Å². The van der Waals surface area contributed by atoms with Crippen molar-refractivity contribution in [3.05, 3.63) is 83.9 Å². The van der Waals surface area contributed by atoms with Gasteiger partial charge in [-0.2, -0.15) is 0 Å². The normalized spacial score (nSPS) is 11.8. The molecule has 0 unspecified atom stereocenters. The summed E-state index contributed by atoms with van der Waals surface area (Å²) in [6, 6.07) is 19.3. The number of rotatable bonds is 14. The maximum Gasteiger partial charge on any atom is 0.264 e. The quantitative estimate of drug-likeness (QED) is 0.300. The molecule has 0 fully saturated rings. The maximum atomic E-state index is 14.1. The zero-order chi connectivity index (χ0) is 30.0. The summed E-state index contributed by atoms with van der Waals surface area (Å²) < 4.78 is 39.4. The van der Waals surface area contributed by atoms with E-state index in [2.05, 4.69) is 5.32 Å². The Kier molecular flexibility index (Phi) is 11.2. The summed E-state index contributed by atoms with van der Waals surface area (Å²) >= 11 is 0. The number of sulfonamides is 1. The number of ether oxygens (including phenoxy) is 2. The fourth-order valence-electron chi connectivity index (χ4n) is 4.33. The Morgan fingerprint density at radius 2 is 1.41 bits per heavy atom. The van der Waals surface area contributed by atoms with E-state index in [1.54, 1.807) is 55.6 Å². The number of anilines is 1. The lowest BCUT2D eigenvalue weighted by Crippen LogP contribution is -2.52. The highest BCUT2D eigenvalue weighted by Gasteiger charge is 2.33. The highest BCUT2D eigenvalue weighted by Crippen LogP contribution is 2.26. The molecule has 0 aliphatic heterocycles. The Morgan fingerprint density at radius 3 is 1.93 bits per heavy atom. The van der Waals surface area contributed by atoms with Crippen LogP contribution in [0.1, 0.15) is 37.8 Å². The summed E-state index contributed by atoms with van der Waals surface area (Å²) in [5, 5.41) is 2.88. The first-order valence-electron chi connectivity index (χ1n) is 13.6. The van der Waals surface area contributed by atoms with Crippen LogP contribution >= 0.6 is 0 Å². The second-order valence-corrected chi connectivity index (χ2v) is 11.5. The van der Waals surface area contributed by atoms with E-state index in [1.165, 1.54) is 24.1 Å². The van der Waals surface area contributed by atoms with E-state index in [4.69, 9.17) is 9.47 Å².